The Hall–Kier alpha value is -3.42. The van der Waals surface area contributed by atoms with Gasteiger partial charge in [-0.15, -0.1) is 0 Å². The van der Waals surface area contributed by atoms with Crippen molar-refractivity contribution in [3.8, 4) is 23.0 Å². The lowest BCUT2D eigenvalue weighted by atomic mass is 9.93. The predicted molar refractivity (Wildman–Crippen MR) is 113 cm³/mol. The van der Waals surface area contributed by atoms with Gasteiger partial charge in [0.2, 0.25) is 11.7 Å². The van der Waals surface area contributed by atoms with E-state index in [1.807, 2.05) is 35.9 Å². The van der Waals surface area contributed by atoms with Crippen LogP contribution in [0.25, 0.3) is 0 Å². The Morgan fingerprint density at radius 3 is 2.30 bits per heavy atom. The highest BCUT2D eigenvalue weighted by molar-refractivity contribution is 5.55. The summed E-state index contributed by atoms with van der Waals surface area (Å²) >= 11 is 0. The minimum atomic E-state index is -0.0472. The summed E-state index contributed by atoms with van der Waals surface area (Å²) < 4.78 is 24.0. The molecule has 0 radical (unpaired) electrons. The molecule has 0 bridgehead atoms. The topological polar surface area (TPSA) is 79.7 Å². The van der Waals surface area contributed by atoms with Crippen LogP contribution in [0.1, 0.15) is 36.6 Å². The SMILES string of the molecule is CCOc1ccc([C@@H]2C[C@H](c3cc(OC)c(OC)c(OC)c3)n3ncnc3N2)cc1. The van der Waals surface area contributed by atoms with Gasteiger partial charge in [0, 0.05) is 0 Å². The number of nitrogens with one attached hydrogen (secondary N) is 1. The van der Waals surface area contributed by atoms with E-state index in [0.717, 1.165) is 29.2 Å². The second-order valence-corrected chi connectivity index (χ2v) is 6.94. The van der Waals surface area contributed by atoms with Gasteiger partial charge in [0.1, 0.15) is 12.1 Å². The molecule has 1 aliphatic heterocycles. The second-order valence-electron chi connectivity index (χ2n) is 6.94. The van der Waals surface area contributed by atoms with Crippen molar-refractivity contribution < 1.29 is 18.9 Å². The maximum Gasteiger partial charge on any atom is 0.222 e. The molecule has 2 heterocycles. The monoisotopic (exact) mass is 410 g/mol. The number of methoxy groups -OCH3 is 3. The molecular weight excluding hydrogens is 384 g/mol. The molecule has 30 heavy (non-hydrogen) atoms. The van der Waals surface area contributed by atoms with E-state index in [-0.39, 0.29) is 12.1 Å². The smallest absolute Gasteiger partial charge is 0.222 e. The molecule has 8 heteroatoms. The summed E-state index contributed by atoms with van der Waals surface area (Å²) in [6, 6.07) is 12.1. The van der Waals surface area contributed by atoms with Crippen LogP contribution in [0.4, 0.5) is 5.95 Å². The fourth-order valence-corrected chi connectivity index (χ4v) is 3.87. The summed E-state index contributed by atoms with van der Waals surface area (Å²) in [4.78, 5) is 4.40. The molecule has 1 N–H and O–H groups in total. The van der Waals surface area contributed by atoms with Gasteiger partial charge in [-0.3, -0.25) is 0 Å². The molecule has 0 saturated carbocycles. The van der Waals surface area contributed by atoms with Crippen LogP contribution in [0.2, 0.25) is 0 Å². The van der Waals surface area contributed by atoms with Gasteiger partial charge in [-0.05, 0) is 48.7 Å². The van der Waals surface area contributed by atoms with Crippen LogP contribution in [0, 0.1) is 0 Å². The summed E-state index contributed by atoms with van der Waals surface area (Å²) in [7, 11) is 4.84. The number of anilines is 1. The molecule has 1 aliphatic rings. The fraction of sp³-hybridized carbons (Fsp3) is 0.364. The van der Waals surface area contributed by atoms with Gasteiger partial charge in [0.05, 0.1) is 40.0 Å². The first kappa shape index (κ1) is 19.9. The quantitative estimate of drug-likeness (QED) is 0.634. The first-order valence-electron chi connectivity index (χ1n) is 9.87. The first-order valence-corrected chi connectivity index (χ1v) is 9.87. The highest BCUT2D eigenvalue weighted by Gasteiger charge is 2.31. The third kappa shape index (κ3) is 3.60. The summed E-state index contributed by atoms with van der Waals surface area (Å²) in [5.41, 5.74) is 2.17. The Balaban J connectivity index is 1.71. The van der Waals surface area contributed by atoms with Crippen LogP contribution in [0.5, 0.6) is 23.0 Å². The Morgan fingerprint density at radius 1 is 1.00 bits per heavy atom. The molecule has 2 atom stereocenters. The van der Waals surface area contributed by atoms with Crippen molar-refractivity contribution in [3.63, 3.8) is 0 Å². The average Bonchev–Trinajstić information content (AvgIpc) is 3.27. The van der Waals surface area contributed by atoms with Crippen molar-refractivity contribution in [2.45, 2.75) is 25.4 Å². The third-order valence-electron chi connectivity index (χ3n) is 5.30. The zero-order chi connectivity index (χ0) is 21.1. The molecule has 0 amide bonds. The van der Waals surface area contributed by atoms with Crippen molar-refractivity contribution in [1.29, 1.82) is 0 Å². The van der Waals surface area contributed by atoms with Gasteiger partial charge in [0.15, 0.2) is 11.5 Å². The second kappa shape index (κ2) is 8.52. The molecule has 0 spiro atoms. The van der Waals surface area contributed by atoms with E-state index in [1.54, 1.807) is 27.7 Å². The van der Waals surface area contributed by atoms with Gasteiger partial charge < -0.3 is 24.3 Å². The fourth-order valence-electron chi connectivity index (χ4n) is 3.87. The molecule has 0 unspecified atom stereocenters. The number of hydrogen-bond donors (Lipinski definition) is 1. The highest BCUT2D eigenvalue weighted by atomic mass is 16.5. The largest absolute Gasteiger partial charge is 0.494 e. The molecule has 0 aliphatic carbocycles. The average molecular weight is 410 g/mol. The van der Waals surface area contributed by atoms with E-state index in [2.05, 4.69) is 27.5 Å². The molecule has 2 aromatic carbocycles. The summed E-state index contributed by atoms with van der Waals surface area (Å²) in [5.74, 6) is 3.38. The van der Waals surface area contributed by atoms with Crippen molar-refractivity contribution in [1.82, 2.24) is 14.8 Å². The van der Waals surface area contributed by atoms with Crippen molar-refractivity contribution in [3.05, 3.63) is 53.9 Å². The van der Waals surface area contributed by atoms with Crippen LogP contribution in [-0.2, 0) is 0 Å². The van der Waals surface area contributed by atoms with Gasteiger partial charge in [-0.1, -0.05) is 12.1 Å². The number of ether oxygens (including phenoxy) is 4. The number of rotatable bonds is 7. The minimum absolute atomic E-state index is 0.0472. The predicted octanol–water partition coefficient (Wildman–Crippen LogP) is 3.85. The Morgan fingerprint density at radius 2 is 1.70 bits per heavy atom. The van der Waals surface area contributed by atoms with E-state index in [4.69, 9.17) is 18.9 Å². The molecule has 3 aromatic rings. The van der Waals surface area contributed by atoms with Crippen molar-refractivity contribution >= 4 is 5.95 Å². The van der Waals surface area contributed by atoms with Crippen molar-refractivity contribution in [2.24, 2.45) is 0 Å². The van der Waals surface area contributed by atoms with Crippen LogP contribution >= 0.6 is 0 Å². The Labute approximate surface area is 175 Å². The maximum absolute atomic E-state index is 5.57. The van der Waals surface area contributed by atoms with Gasteiger partial charge in [-0.2, -0.15) is 10.1 Å². The third-order valence-corrected chi connectivity index (χ3v) is 5.30. The van der Waals surface area contributed by atoms with E-state index >= 15 is 0 Å². The number of nitrogens with zero attached hydrogens (tertiary/aromatic N) is 3. The van der Waals surface area contributed by atoms with E-state index in [9.17, 15) is 0 Å². The summed E-state index contributed by atoms with van der Waals surface area (Å²) in [5, 5.41) is 7.93. The number of benzene rings is 2. The minimum Gasteiger partial charge on any atom is -0.494 e. The first-order chi connectivity index (χ1) is 14.7. The molecular formula is C22H26N4O4. The molecule has 0 saturated heterocycles. The lowest BCUT2D eigenvalue weighted by Gasteiger charge is -2.32. The van der Waals surface area contributed by atoms with Gasteiger partial charge >= 0.3 is 0 Å². The van der Waals surface area contributed by atoms with Gasteiger partial charge in [-0.25, -0.2) is 4.68 Å². The molecule has 158 valence electrons. The molecule has 4 rings (SSSR count). The van der Waals surface area contributed by atoms with E-state index in [0.29, 0.717) is 23.9 Å². The number of aromatic nitrogens is 3. The highest BCUT2D eigenvalue weighted by Crippen LogP contribution is 2.44. The number of hydrogen-bond acceptors (Lipinski definition) is 7. The Kier molecular flexibility index (Phi) is 5.65. The molecule has 0 fully saturated rings. The standard InChI is InChI=1S/C22H26N4O4/c1-5-30-16-8-6-14(7-9-16)17-12-18(26-22(25-17)23-13-24-26)15-10-19(27-2)21(29-4)20(11-15)28-3/h6-11,13,17-18H,5,12H2,1-4H3,(H,23,24,25)/t17-,18+/m0/s1. The zero-order valence-corrected chi connectivity index (χ0v) is 17.6. The van der Waals surface area contributed by atoms with Crippen LogP contribution < -0.4 is 24.3 Å². The van der Waals surface area contributed by atoms with Crippen LogP contribution in [0.3, 0.4) is 0 Å². The molecule has 8 nitrogen and oxygen atoms in total. The lowest BCUT2D eigenvalue weighted by molar-refractivity contribution is 0.322. The Bertz CT molecular complexity index is 978. The normalized spacial score (nSPS) is 17.6. The van der Waals surface area contributed by atoms with Crippen LogP contribution in [-0.4, -0.2) is 42.7 Å². The van der Waals surface area contributed by atoms with Crippen LogP contribution in [0.15, 0.2) is 42.7 Å². The van der Waals surface area contributed by atoms with E-state index in [1.165, 1.54) is 0 Å². The van der Waals surface area contributed by atoms with E-state index < -0.39 is 0 Å². The van der Waals surface area contributed by atoms with Crippen molar-refractivity contribution in [2.75, 3.05) is 33.3 Å². The summed E-state index contributed by atoms with van der Waals surface area (Å²) in [6.07, 6.45) is 2.34. The number of fused-ring (bicyclic) bond motifs is 1. The maximum atomic E-state index is 5.57. The lowest BCUT2D eigenvalue weighted by Crippen LogP contribution is -2.28. The van der Waals surface area contributed by atoms with Gasteiger partial charge in [0.25, 0.3) is 0 Å². The summed E-state index contributed by atoms with van der Waals surface area (Å²) in [6.45, 7) is 2.62. The zero-order valence-electron chi connectivity index (χ0n) is 17.6. The molecule has 1 aromatic heterocycles.